The lowest BCUT2D eigenvalue weighted by atomic mass is 10.1. The highest BCUT2D eigenvalue weighted by molar-refractivity contribution is 5.69. The molecule has 1 rings (SSSR count). The summed E-state index contributed by atoms with van der Waals surface area (Å²) in [5.41, 5.74) is 2.25. The van der Waals surface area contributed by atoms with Gasteiger partial charge in [-0.25, -0.2) is 0 Å². The molecular formula is C12H18N2O2. The zero-order valence-corrected chi connectivity index (χ0v) is 9.81. The molecule has 0 bridgehead atoms. The Balaban J connectivity index is 2.67. The molecule has 0 saturated carbocycles. The average molecular weight is 222 g/mol. The lowest BCUT2D eigenvalue weighted by molar-refractivity contribution is -0.138. The van der Waals surface area contributed by atoms with Crippen molar-refractivity contribution < 1.29 is 9.90 Å². The minimum Gasteiger partial charge on any atom is -0.480 e. The highest BCUT2D eigenvalue weighted by Gasteiger charge is 2.10. The molecule has 0 aliphatic carbocycles. The van der Waals surface area contributed by atoms with Gasteiger partial charge in [0.05, 0.1) is 6.54 Å². The van der Waals surface area contributed by atoms with E-state index in [4.69, 9.17) is 5.11 Å². The van der Waals surface area contributed by atoms with E-state index >= 15 is 0 Å². The van der Waals surface area contributed by atoms with Gasteiger partial charge in [0.2, 0.25) is 0 Å². The van der Waals surface area contributed by atoms with Gasteiger partial charge in [-0.1, -0.05) is 6.92 Å². The zero-order chi connectivity index (χ0) is 12.0. The standard InChI is InChI=1S/C12H18N2O2/c1-3-6-14(9-12(15)16)8-11-7-13-5-4-10(11)2/h4-5,7H,3,6,8-9H2,1-2H3,(H,15,16). The van der Waals surface area contributed by atoms with Crippen LogP contribution in [0.3, 0.4) is 0 Å². The number of carboxylic acid groups (broad SMARTS) is 1. The maximum Gasteiger partial charge on any atom is 0.317 e. The molecule has 88 valence electrons. The Bertz CT molecular complexity index is 353. The minimum atomic E-state index is -0.782. The molecule has 0 radical (unpaired) electrons. The fraction of sp³-hybridized carbons (Fsp3) is 0.500. The number of carboxylic acids is 1. The van der Waals surface area contributed by atoms with Crippen LogP contribution >= 0.6 is 0 Å². The van der Waals surface area contributed by atoms with Crippen LogP contribution in [0.15, 0.2) is 18.5 Å². The number of hydrogen-bond acceptors (Lipinski definition) is 3. The van der Waals surface area contributed by atoms with E-state index in [9.17, 15) is 4.79 Å². The molecule has 0 atom stereocenters. The van der Waals surface area contributed by atoms with Crippen molar-refractivity contribution in [2.24, 2.45) is 0 Å². The van der Waals surface area contributed by atoms with Crippen LogP contribution in [-0.2, 0) is 11.3 Å². The summed E-state index contributed by atoms with van der Waals surface area (Å²) in [5.74, 6) is -0.782. The number of hydrogen-bond donors (Lipinski definition) is 1. The van der Waals surface area contributed by atoms with E-state index in [1.165, 1.54) is 0 Å². The van der Waals surface area contributed by atoms with E-state index < -0.39 is 5.97 Å². The maximum absolute atomic E-state index is 10.7. The monoisotopic (exact) mass is 222 g/mol. The van der Waals surface area contributed by atoms with Crippen molar-refractivity contribution in [1.82, 2.24) is 9.88 Å². The van der Waals surface area contributed by atoms with E-state index in [1.807, 2.05) is 24.8 Å². The van der Waals surface area contributed by atoms with Crippen LogP contribution in [0.25, 0.3) is 0 Å². The van der Waals surface area contributed by atoms with Gasteiger partial charge >= 0.3 is 5.97 Å². The van der Waals surface area contributed by atoms with Gasteiger partial charge < -0.3 is 5.11 Å². The molecule has 4 heteroatoms. The summed E-state index contributed by atoms with van der Waals surface area (Å²) in [6, 6.07) is 1.94. The lowest BCUT2D eigenvalue weighted by Gasteiger charge is -2.20. The minimum absolute atomic E-state index is 0.0855. The molecule has 1 heterocycles. The number of aliphatic carboxylic acids is 1. The molecule has 16 heavy (non-hydrogen) atoms. The molecule has 0 saturated heterocycles. The van der Waals surface area contributed by atoms with Crippen molar-refractivity contribution in [3.8, 4) is 0 Å². The third-order valence-electron chi connectivity index (χ3n) is 2.44. The average Bonchev–Trinajstić information content (AvgIpc) is 2.21. The highest BCUT2D eigenvalue weighted by Crippen LogP contribution is 2.09. The van der Waals surface area contributed by atoms with E-state index in [0.29, 0.717) is 6.54 Å². The zero-order valence-electron chi connectivity index (χ0n) is 9.81. The van der Waals surface area contributed by atoms with Gasteiger partial charge in [0.15, 0.2) is 0 Å². The van der Waals surface area contributed by atoms with Gasteiger partial charge in [-0.3, -0.25) is 14.7 Å². The molecule has 1 aromatic rings. The maximum atomic E-state index is 10.7. The van der Waals surface area contributed by atoms with E-state index in [2.05, 4.69) is 4.98 Å². The van der Waals surface area contributed by atoms with Gasteiger partial charge in [-0.2, -0.15) is 0 Å². The number of rotatable bonds is 6. The summed E-state index contributed by atoms with van der Waals surface area (Å²) in [7, 11) is 0. The third-order valence-corrected chi connectivity index (χ3v) is 2.44. The second-order valence-corrected chi connectivity index (χ2v) is 3.91. The largest absolute Gasteiger partial charge is 0.480 e. The van der Waals surface area contributed by atoms with Crippen molar-refractivity contribution in [2.75, 3.05) is 13.1 Å². The van der Waals surface area contributed by atoms with Crippen molar-refractivity contribution in [3.63, 3.8) is 0 Å². The van der Waals surface area contributed by atoms with Gasteiger partial charge in [0.1, 0.15) is 0 Å². The van der Waals surface area contributed by atoms with Gasteiger partial charge in [0.25, 0.3) is 0 Å². The predicted octanol–water partition coefficient (Wildman–Crippen LogP) is 1.69. The van der Waals surface area contributed by atoms with E-state index in [1.54, 1.807) is 12.4 Å². The molecule has 1 N–H and O–H groups in total. The smallest absolute Gasteiger partial charge is 0.317 e. The van der Waals surface area contributed by atoms with Crippen molar-refractivity contribution >= 4 is 5.97 Å². The number of carbonyl (C=O) groups is 1. The second kappa shape index (κ2) is 6.23. The number of pyridine rings is 1. The summed E-state index contributed by atoms with van der Waals surface area (Å²) in [4.78, 5) is 16.7. The van der Waals surface area contributed by atoms with Gasteiger partial charge in [-0.15, -0.1) is 0 Å². The molecule has 0 unspecified atom stereocenters. The summed E-state index contributed by atoms with van der Waals surface area (Å²) >= 11 is 0. The number of nitrogens with zero attached hydrogens (tertiary/aromatic N) is 2. The quantitative estimate of drug-likeness (QED) is 0.795. The van der Waals surface area contributed by atoms with E-state index in [-0.39, 0.29) is 6.54 Å². The van der Waals surface area contributed by atoms with Crippen LogP contribution < -0.4 is 0 Å². The first-order chi connectivity index (χ1) is 7.63. The van der Waals surface area contributed by atoms with Crippen LogP contribution in [0.5, 0.6) is 0 Å². The van der Waals surface area contributed by atoms with E-state index in [0.717, 1.165) is 24.1 Å². The molecule has 0 aliphatic heterocycles. The lowest BCUT2D eigenvalue weighted by Crippen LogP contribution is -2.30. The van der Waals surface area contributed by atoms with Crippen LogP contribution in [0.2, 0.25) is 0 Å². The van der Waals surface area contributed by atoms with Crippen LogP contribution in [0.4, 0.5) is 0 Å². The fourth-order valence-electron chi connectivity index (χ4n) is 1.62. The number of aromatic nitrogens is 1. The first kappa shape index (κ1) is 12.6. The molecule has 1 aromatic heterocycles. The molecule has 4 nitrogen and oxygen atoms in total. The van der Waals surface area contributed by atoms with Gasteiger partial charge in [-0.05, 0) is 37.1 Å². The topological polar surface area (TPSA) is 53.4 Å². The Morgan fingerprint density at radius 1 is 1.56 bits per heavy atom. The molecule has 0 fully saturated rings. The van der Waals surface area contributed by atoms with Crippen LogP contribution in [0.1, 0.15) is 24.5 Å². The molecule has 0 spiro atoms. The predicted molar refractivity (Wildman–Crippen MR) is 62.2 cm³/mol. The second-order valence-electron chi connectivity index (χ2n) is 3.91. The first-order valence-corrected chi connectivity index (χ1v) is 5.47. The summed E-state index contributed by atoms with van der Waals surface area (Å²) < 4.78 is 0. The van der Waals surface area contributed by atoms with Crippen LogP contribution in [-0.4, -0.2) is 34.0 Å². The summed E-state index contributed by atoms with van der Waals surface area (Å²) in [6.07, 6.45) is 4.51. The first-order valence-electron chi connectivity index (χ1n) is 5.47. The highest BCUT2D eigenvalue weighted by atomic mass is 16.4. The molecule has 0 aliphatic rings. The van der Waals surface area contributed by atoms with Crippen molar-refractivity contribution in [3.05, 3.63) is 29.6 Å². The van der Waals surface area contributed by atoms with Crippen molar-refractivity contribution in [2.45, 2.75) is 26.8 Å². The Morgan fingerprint density at radius 2 is 2.31 bits per heavy atom. The Hall–Kier alpha value is -1.42. The summed E-state index contributed by atoms with van der Waals surface area (Å²) in [6.45, 7) is 5.59. The Labute approximate surface area is 95.9 Å². The summed E-state index contributed by atoms with van der Waals surface area (Å²) in [5, 5.41) is 8.80. The molecule has 0 aromatic carbocycles. The number of aryl methyl sites for hydroxylation is 1. The molecule has 0 amide bonds. The fourth-order valence-corrected chi connectivity index (χ4v) is 1.62. The van der Waals surface area contributed by atoms with Crippen molar-refractivity contribution in [1.29, 1.82) is 0 Å². The SMILES string of the molecule is CCCN(CC(=O)O)Cc1cnccc1C. The molecular weight excluding hydrogens is 204 g/mol. The van der Waals surface area contributed by atoms with Crippen LogP contribution in [0, 0.1) is 6.92 Å². The van der Waals surface area contributed by atoms with Gasteiger partial charge in [0, 0.05) is 18.9 Å². The Morgan fingerprint density at radius 3 is 2.88 bits per heavy atom. The normalized spacial score (nSPS) is 10.7. The Kier molecular flexibility index (Phi) is 4.92. The third kappa shape index (κ3) is 3.98.